The maximum absolute atomic E-state index is 11.9. The first-order valence-electron chi connectivity index (χ1n) is 9.01. The van der Waals surface area contributed by atoms with Crippen molar-refractivity contribution >= 4 is 23.6 Å². The zero-order chi connectivity index (χ0) is 21.4. The second kappa shape index (κ2) is 10.0. The second-order valence-electron chi connectivity index (χ2n) is 6.70. The van der Waals surface area contributed by atoms with E-state index in [9.17, 15) is 19.7 Å². The fourth-order valence-electron chi connectivity index (χ4n) is 2.47. The van der Waals surface area contributed by atoms with Gasteiger partial charge in [-0.05, 0) is 53.8 Å². The SMILES string of the molecule is Cc1ccc(C(C)C)c(OCC(=O)NNC(=O)/C=C/c2ccc([N+](=O)[O-])cc2)c1. The van der Waals surface area contributed by atoms with Gasteiger partial charge in [-0.1, -0.05) is 26.0 Å². The average Bonchev–Trinajstić information content (AvgIpc) is 2.69. The Hall–Kier alpha value is -3.68. The third-order valence-corrected chi connectivity index (χ3v) is 4.01. The first-order valence-corrected chi connectivity index (χ1v) is 9.01. The van der Waals surface area contributed by atoms with E-state index in [1.165, 1.54) is 36.4 Å². The molecule has 2 aromatic carbocycles. The molecule has 152 valence electrons. The molecule has 0 heterocycles. The molecule has 0 aromatic heterocycles. The van der Waals surface area contributed by atoms with E-state index in [4.69, 9.17) is 4.74 Å². The van der Waals surface area contributed by atoms with Crippen molar-refractivity contribution in [1.29, 1.82) is 0 Å². The molecule has 2 rings (SSSR count). The Labute approximate surface area is 168 Å². The van der Waals surface area contributed by atoms with Crippen LogP contribution in [0.25, 0.3) is 6.08 Å². The molecule has 0 aliphatic carbocycles. The first kappa shape index (κ1) is 21.6. The van der Waals surface area contributed by atoms with Crippen molar-refractivity contribution in [2.75, 3.05) is 6.61 Å². The molecule has 0 saturated carbocycles. The third kappa shape index (κ3) is 6.76. The maximum Gasteiger partial charge on any atom is 0.276 e. The summed E-state index contributed by atoms with van der Waals surface area (Å²) in [6.07, 6.45) is 2.68. The number of hydrazine groups is 1. The van der Waals surface area contributed by atoms with E-state index in [-0.39, 0.29) is 18.2 Å². The molecule has 0 radical (unpaired) electrons. The summed E-state index contributed by atoms with van der Waals surface area (Å²) >= 11 is 0. The molecule has 0 aliphatic heterocycles. The van der Waals surface area contributed by atoms with Crippen molar-refractivity contribution in [2.45, 2.75) is 26.7 Å². The molecule has 0 spiro atoms. The molecule has 2 N–H and O–H groups in total. The first-order chi connectivity index (χ1) is 13.8. The van der Waals surface area contributed by atoms with Crippen LogP contribution >= 0.6 is 0 Å². The molecule has 2 amide bonds. The van der Waals surface area contributed by atoms with Crippen LogP contribution < -0.4 is 15.6 Å². The number of amides is 2. The molecule has 8 heteroatoms. The van der Waals surface area contributed by atoms with Gasteiger partial charge >= 0.3 is 0 Å². The topological polar surface area (TPSA) is 111 Å². The number of nitro groups is 1. The van der Waals surface area contributed by atoms with Gasteiger partial charge < -0.3 is 4.74 Å². The number of nitrogens with zero attached hydrogens (tertiary/aromatic N) is 1. The Balaban J connectivity index is 1.82. The average molecular weight is 397 g/mol. The lowest BCUT2D eigenvalue weighted by Crippen LogP contribution is -2.43. The van der Waals surface area contributed by atoms with Crippen LogP contribution in [-0.4, -0.2) is 23.3 Å². The van der Waals surface area contributed by atoms with Gasteiger partial charge in [-0.2, -0.15) is 0 Å². The number of rotatable bonds is 7. The fourth-order valence-corrected chi connectivity index (χ4v) is 2.47. The van der Waals surface area contributed by atoms with E-state index < -0.39 is 16.7 Å². The molecule has 2 aromatic rings. The van der Waals surface area contributed by atoms with Crippen molar-refractivity contribution in [1.82, 2.24) is 10.9 Å². The van der Waals surface area contributed by atoms with Gasteiger partial charge in [0, 0.05) is 18.2 Å². The van der Waals surface area contributed by atoms with E-state index in [1.54, 1.807) is 0 Å². The lowest BCUT2D eigenvalue weighted by atomic mass is 10.0. The van der Waals surface area contributed by atoms with Gasteiger partial charge in [0.25, 0.3) is 17.5 Å². The maximum atomic E-state index is 11.9. The summed E-state index contributed by atoms with van der Waals surface area (Å²) in [5, 5.41) is 10.6. The molecular formula is C21H23N3O5. The molecule has 0 unspecified atom stereocenters. The van der Waals surface area contributed by atoms with Crippen LogP contribution in [0, 0.1) is 17.0 Å². The van der Waals surface area contributed by atoms with Gasteiger partial charge in [0.1, 0.15) is 5.75 Å². The number of nitro benzene ring substituents is 1. The van der Waals surface area contributed by atoms with Gasteiger partial charge in [0.15, 0.2) is 6.61 Å². The monoisotopic (exact) mass is 397 g/mol. The minimum Gasteiger partial charge on any atom is -0.483 e. The Morgan fingerprint density at radius 1 is 1.14 bits per heavy atom. The summed E-state index contributed by atoms with van der Waals surface area (Å²) in [6.45, 7) is 5.77. The van der Waals surface area contributed by atoms with E-state index in [0.29, 0.717) is 11.3 Å². The Bertz CT molecular complexity index is 920. The third-order valence-electron chi connectivity index (χ3n) is 4.01. The highest BCUT2D eigenvalue weighted by atomic mass is 16.6. The summed E-state index contributed by atoms with van der Waals surface area (Å²) in [5.74, 6) is -0.161. The smallest absolute Gasteiger partial charge is 0.276 e. The van der Waals surface area contributed by atoms with Crippen molar-refractivity contribution in [3.63, 3.8) is 0 Å². The number of carbonyl (C=O) groups is 2. The minimum absolute atomic E-state index is 0.0342. The number of non-ortho nitro benzene ring substituents is 1. The lowest BCUT2D eigenvalue weighted by molar-refractivity contribution is -0.384. The second-order valence-corrected chi connectivity index (χ2v) is 6.70. The highest BCUT2D eigenvalue weighted by Crippen LogP contribution is 2.27. The quantitative estimate of drug-likeness (QED) is 0.423. The largest absolute Gasteiger partial charge is 0.483 e. The normalized spacial score (nSPS) is 10.8. The van der Waals surface area contributed by atoms with Crippen molar-refractivity contribution in [2.24, 2.45) is 0 Å². The molecule has 29 heavy (non-hydrogen) atoms. The number of nitrogens with one attached hydrogen (secondary N) is 2. The van der Waals surface area contributed by atoms with Crippen molar-refractivity contribution in [3.8, 4) is 5.75 Å². The molecule has 0 bridgehead atoms. The Morgan fingerprint density at radius 2 is 1.83 bits per heavy atom. The zero-order valence-corrected chi connectivity index (χ0v) is 16.5. The number of hydrogen-bond acceptors (Lipinski definition) is 5. The van der Waals surface area contributed by atoms with Crippen LogP contribution in [0.5, 0.6) is 5.75 Å². The number of carbonyl (C=O) groups excluding carboxylic acids is 2. The van der Waals surface area contributed by atoms with Gasteiger partial charge in [0.05, 0.1) is 4.92 Å². The molecular weight excluding hydrogens is 374 g/mol. The Morgan fingerprint density at radius 3 is 2.45 bits per heavy atom. The number of hydrogen-bond donors (Lipinski definition) is 2. The highest BCUT2D eigenvalue weighted by molar-refractivity contribution is 5.93. The molecule has 8 nitrogen and oxygen atoms in total. The van der Waals surface area contributed by atoms with E-state index in [2.05, 4.69) is 10.9 Å². The number of benzene rings is 2. The highest BCUT2D eigenvalue weighted by Gasteiger charge is 2.10. The van der Waals surface area contributed by atoms with Crippen LogP contribution in [-0.2, 0) is 9.59 Å². The molecule has 0 fully saturated rings. The van der Waals surface area contributed by atoms with Crippen LogP contribution in [0.15, 0.2) is 48.5 Å². The van der Waals surface area contributed by atoms with E-state index >= 15 is 0 Å². The summed E-state index contributed by atoms with van der Waals surface area (Å²) in [5.41, 5.74) is 7.13. The van der Waals surface area contributed by atoms with E-state index in [1.807, 2.05) is 39.0 Å². The van der Waals surface area contributed by atoms with Crippen molar-refractivity contribution in [3.05, 3.63) is 75.3 Å². The standard InChI is InChI=1S/C21H23N3O5/c1-14(2)18-10-4-15(3)12-19(18)29-13-21(26)23-22-20(25)11-7-16-5-8-17(9-6-16)24(27)28/h4-12,14H,13H2,1-3H3,(H,22,25)(H,23,26)/b11-7+. The summed E-state index contributed by atoms with van der Waals surface area (Å²) in [6, 6.07) is 11.5. The lowest BCUT2D eigenvalue weighted by Gasteiger charge is -2.14. The number of aryl methyl sites for hydroxylation is 1. The van der Waals surface area contributed by atoms with Gasteiger partial charge in [-0.25, -0.2) is 0 Å². The van der Waals surface area contributed by atoms with E-state index in [0.717, 1.165) is 11.1 Å². The summed E-state index contributed by atoms with van der Waals surface area (Å²) < 4.78 is 5.60. The number of ether oxygens (including phenoxy) is 1. The summed E-state index contributed by atoms with van der Waals surface area (Å²) in [7, 11) is 0. The van der Waals surface area contributed by atoms with Gasteiger partial charge in [-0.3, -0.25) is 30.6 Å². The van der Waals surface area contributed by atoms with Gasteiger partial charge in [-0.15, -0.1) is 0 Å². The van der Waals surface area contributed by atoms with Crippen LogP contribution in [0.1, 0.15) is 36.5 Å². The minimum atomic E-state index is -0.546. The van der Waals surface area contributed by atoms with Crippen LogP contribution in [0.3, 0.4) is 0 Å². The van der Waals surface area contributed by atoms with Crippen molar-refractivity contribution < 1.29 is 19.2 Å². The zero-order valence-electron chi connectivity index (χ0n) is 16.5. The molecule has 0 aliphatic rings. The fraction of sp³-hybridized carbons (Fsp3) is 0.238. The van der Waals surface area contributed by atoms with Crippen LogP contribution in [0.2, 0.25) is 0 Å². The predicted molar refractivity (Wildman–Crippen MR) is 109 cm³/mol. The summed E-state index contributed by atoms with van der Waals surface area (Å²) in [4.78, 5) is 33.8. The predicted octanol–water partition coefficient (Wildman–Crippen LogP) is 3.27. The Kier molecular flexibility index (Phi) is 7.47. The molecule has 0 saturated heterocycles. The van der Waals surface area contributed by atoms with Crippen LogP contribution in [0.4, 0.5) is 5.69 Å². The van der Waals surface area contributed by atoms with Gasteiger partial charge in [0.2, 0.25) is 0 Å². The molecule has 0 atom stereocenters.